The van der Waals surface area contributed by atoms with Gasteiger partial charge in [-0.05, 0) is 56.6 Å². The minimum absolute atomic E-state index is 0.178. The molecule has 0 fully saturated rings. The van der Waals surface area contributed by atoms with E-state index in [1.807, 2.05) is 0 Å². The summed E-state index contributed by atoms with van der Waals surface area (Å²) in [6.45, 7) is 8.51. The lowest BCUT2D eigenvalue weighted by Gasteiger charge is -2.34. The van der Waals surface area contributed by atoms with E-state index < -0.39 is 38.1 Å². The lowest BCUT2D eigenvalue weighted by atomic mass is 9.80. The van der Waals surface area contributed by atoms with Crippen molar-refractivity contribution in [2.24, 2.45) is 5.41 Å². The van der Waals surface area contributed by atoms with Crippen molar-refractivity contribution in [3.05, 3.63) is 38.3 Å². The first-order valence-electron chi connectivity index (χ1n) is 7.53. The van der Waals surface area contributed by atoms with Crippen LogP contribution in [0.1, 0.15) is 46.2 Å². The molecule has 1 N–H and O–H groups in total. The van der Waals surface area contributed by atoms with Crippen LogP contribution in [-0.2, 0) is 20.5 Å². The summed E-state index contributed by atoms with van der Waals surface area (Å²) in [5, 5.41) is 11.6. The highest BCUT2D eigenvalue weighted by Gasteiger charge is 2.44. The molecular formula is C16H23BrN2O5S. The Balaban J connectivity index is 3.59. The van der Waals surface area contributed by atoms with Crippen LogP contribution in [0.15, 0.2) is 22.7 Å². The van der Waals surface area contributed by atoms with Crippen LogP contribution in [0, 0.1) is 15.5 Å². The van der Waals surface area contributed by atoms with Crippen LogP contribution < -0.4 is 4.72 Å². The number of nitrogens with one attached hydrogen (secondary N) is 1. The molecule has 0 radical (unpaired) electrons. The molecule has 7 nitrogen and oxygen atoms in total. The summed E-state index contributed by atoms with van der Waals surface area (Å²) in [6, 6.07) is 3.84. The molecule has 0 aliphatic heterocycles. The number of hydrogen-bond donors (Lipinski definition) is 1. The van der Waals surface area contributed by atoms with Gasteiger partial charge >= 0.3 is 5.97 Å². The number of esters is 1. The van der Waals surface area contributed by atoms with Crippen LogP contribution in [0.2, 0.25) is 0 Å². The Morgan fingerprint density at radius 1 is 1.32 bits per heavy atom. The highest BCUT2D eigenvalue weighted by atomic mass is 79.9. The number of rotatable bonds is 6. The predicted octanol–water partition coefficient (Wildman–Crippen LogP) is 3.65. The summed E-state index contributed by atoms with van der Waals surface area (Å²) >= 11 is 3.18. The highest BCUT2D eigenvalue weighted by molar-refractivity contribution is 9.10. The SMILES string of the molecule is COC(=O)C(C)(C)C(NS(=O)C(C)(C)C)c1cccc(Br)c1[N+](=O)[O-]. The first-order valence-corrected chi connectivity index (χ1v) is 9.47. The zero-order valence-corrected chi connectivity index (χ0v) is 17.5. The second kappa shape index (κ2) is 7.92. The van der Waals surface area contributed by atoms with Gasteiger partial charge in [-0.2, -0.15) is 0 Å². The van der Waals surface area contributed by atoms with E-state index in [4.69, 9.17) is 4.74 Å². The fourth-order valence-electron chi connectivity index (χ4n) is 2.22. The van der Waals surface area contributed by atoms with Crippen molar-refractivity contribution < 1.29 is 18.7 Å². The number of benzene rings is 1. The van der Waals surface area contributed by atoms with E-state index in [2.05, 4.69) is 20.7 Å². The van der Waals surface area contributed by atoms with E-state index in [1.54, 1.807) is 52.8 Å². The number of halogens is 1. The van der Waals surface area contributed by atoms with Crippen LogP contribution in [0.3, 0.4) is 0 Å². The average Bonchev–Trinajstić information content (AvgIpc) is 2.49. The molecule has 0 aliphatic carbocycles. The third-order valence-electron chi connectivity index (χ3n) is 3.73. The van der Waals surface area contributed by atoms with E-state index in [1.165, 1.54) is 7.11 Å². The Hall–Kier alpha value is -1.32. The fourth-order valence-corrected chi connectivity index (χ4v) is 3.74. The molecule has 2 unspecified atom stereocenters. The van der Waals surface area contributed by atoms with Crippen molar-refractivity contribution in [2.45, 2.75) is 45.4 Å². The summed E-state index contributed by atoms with van der Waals surface area (Å²) in [7, 11) is -0.309. The van der Waals surface area contributed by atoms with Gasteiger partial charge in [-0.25, -0.2) is 8.93 Å². The van der Waals surface area contributed by atoms with Crippen LogP contribution >= 0.6 is 15.9 Å². The second-order valence-electron chi connectivity index (χ2n) is 7.08. The summed E-state index contributed by atoms with van der Waals surface area (Å²) in [6.07, 6.45) is 0. The molecule has 140 valence electrons. The van der Waals surface area contributed by atoms with E-state index >= 15 is 0 Å². The van der Waals surface area contributed by atoms with Gasteiger partial charge in [0, 0.05) is 0 Å². The Bertz CT molecular complexity index is 700. The number of hydrogen-bond acceptors (Lipinski definition) is 5. The molecule has 0 spiro atoms. The Morgan fingerprint density at radius 2 is 1.88 bits per heavy atom. The molecule has 0 saturated heterocycles. The van der Waals surface area contributed by atoms with Gasteiger partial charge < -0.3 is 4.74 Å². The molecule has 1 aromatic rings. The van der Waals surface area contributed by atoms with Crippen molar-refractivity contribution in [1.82, 2.24) is 4.72 Å². The third kappa shape index (κ3) is 4.86. The summed E-state index contributed by atoms with van der Waals surface area (Å²) in [4.78, 5) is 23.3. The van der Waals surface area contributed by atoms with Gasteiger partial charge in [0.05, 0.1) is 49.3 Å². The van der Waals surface area contributed by atoms with Crippen LogP contribution in [0.5, 0.6) is 0 Å². The van der Waals surface area contributed by atoms with Crippen molar-refractivity contribution in [2.75, 3.05) is 7.11 Å². The fraction of sp³-hybridized carbons (Fsp3) is 0.562. The van der Waals surface area contributed by atoms with Gasteiger partial charge in [0.1, 0.15) is 0 Å². The van der Waals surface area contributed by atoms with Crippen LogP contribution in [-0.4, -0.2) is 27.0 Å². The summed E-state index contributed by atoms with van der Waals surface area (Å²) in [5.41, 5.74) is -1.11. The van der Waals surface area contributed by atoms with Gasteiger partial charge in [-0.15, -0.1) is 0 Å². The average molecular weight is 435 g/mol. The molecule has 0 amide bonds. The Labute approximate surface area is 158 Å². The van der Waals surface area contributed by atoms with Crippen LogP contribution in [0.4, 0.5) is 5.69 Å². The molecule has 0 bridgehead atoms. The minimum Gasteiger partial charge on any atom is -0.469 e. The standard InChI is InChI=1S/C16H23BrN2O5S/c1-15(2,3)25(23)18-13(16(4,5)14(20)24-6)10-8-7-9-11(17)12(10)19(21)22/h7-9,13,18H,1-6H3. The number of nitro groups is 1. The van der Waals surface area contributed by atoms with Crippen LogP contribution in [0.25, 0.3) is 0 Å². The molecule has 2 atom stereocenters. The monoisotopic (exact) mass is 434 g/mol. The van der Waals surface area contributed by atoms with Gasteiger partial charge in [0.25, 0.3) is 5.69 Å². The molecule has 0 heterocycles. The Morgan fingerprint density at radius 3 is 2.32 bits per heavy atom. The van der Waals surface area contributed by atoms with Gasteiger partial charge in [0.2, 0.25) is 0 Å². The number of para-hydroxylation sites is 1. The maximum atomic E-state index is 12.6. The number of carbonyl (C=O) groups excluding carboxylic acids is 1. The first-order chi connectivity index (χ1) is 11.3. The predicted molar refractivity (Wildman–Crippen MR) is 100 cm³/mol. The van der Waals surface area contributed by atoms with E-state index in [0.29, 0.717) is 0 Å². The van der Waals surface area contributed by atoms with Crippen molar-refractivity contribution in [1.29, 1.82) is 0 Å². The lowest BCUT2D eigenvalue weighted by molar-refractivity contribution is -0.386. The molecule has 0 aromatic heterocycles. The van der Waals surface area contributed by atoms with Crippen molar-refractivity contribution >= 4 is 38.6 Å². The Kier molecular flexibility index (Phi) is 6.88. The molecule has 9 heteroatoms. The van der Waals surface area contributed by atoms with E-state index in [0.717, 1.165) is 0 Å². The maximum Gasteiger partial charge on any atom is 0.313 e. The zero-order valence-electron chi connectivity index (χ0n) is 15.1. The van der Waals surface area contributed by atoms with Gasteiger partial charge in [0.15, 0.2) is 0 Å². The molecule has 1 rings (SSSR count). The number of nitrogens with zero attached hydrogens (tertiary/aromatic N) is 1. The lowest BCUT2D eigenvalue weighted by Crippen LogP contribution is -2.45. The summed E-state index contributed by atoms with van der Waals surface area (Å²) < 4.78 is 20.1. The largest absolute Gasteiger partial charge is 0.469 e. The maximum absolute atomic E-state index is 12.6. The summed E-state index contributed by atoms with van der Waals surface area (Å²) in [5.74, 6) is -0.565. The molecule has 0 aliphatic rings. The second-order valence-corrected chi connectivity index (χ2v) is 9.93. The minimum atomic E-state index is -1.56. The first kappa shape index (κ1) is 21.7. The number of ether oxygens (including phenoxy) is 1. The molecule has 25 heavy (non-hydrogen) atoms. The van der Waals surface area contributed by atoms with Crippen molar-refractivity contribution in [3.63, 3.8) is 0 Å². The smallest absolute Gasteiger partial charge is 0.313 e. The van der Waals surface area contributed by atoms with Crippen molar-refractivity contribution in [3.8, 4) is 0 Å². The highest BCUT2D eigenvalue weighted by Crippen LogP contribution is 2.42. The normalized spacial score (nSPS) is 14.7. The van der Waals surface area contributed by atoms with Gasteiger partial charge in [-0.3, -0.25) is 14.9 Å². The van der Waals surface area contributed by atoms with Gasteiger partial charge in [-0.1, -0.05) is 12.1 Å². The molecule has 0 saturated carbocycles. The molecule has 1 aromatic carbocycles. The molecular weight excluding hydrogens is 412 g/mol. The number of carbonyl (C=O) groups is 1. The van der Waals surface area contributed by atoms with E-state index in [-0.39, 0.29) is 15.7 Å². The quantitative estimate of drug-likeness (QED) is 0.418. The number of methoxy groups -OCH3 is 1. The third-order valence-corrected chi connectivity index (χ3v) is 5.93. The zero-order chi connectivity index (χ0) is 19.6. The van der Waals surface area contributed by atoms with E-state index in [9.17, 15) is 19.1 Å². The topological polar surface area (TPSA) is 98.5 Å². The number of nitro benzene ring substituents is 1.